The molecule has 0 bridgehead atoms. The molecule has 222 valence electrons. The summed E-state index contributed by atoms with van der Waals surface area (Å²) in [5, 5.41) is 3.76. The third-order valence-electron chi connectivity index (χ3n) is 8.40. The van der Waals surface area contributed by atoms with E-state index < -0.39 is 9.84 Å². The van der Waals surface area contributed by atoms with E-state index in [1.807, 2.05) is 18.2 Å². The number of benzene rings is 1. The number of nitrogens with one attached hydrogen (secondary N) is 1. The van der Waals surface area contributed by atoms with Crippen LogP contribution in [0.4, 0.5) is 11.6 Å². The molecule has 5 heterocycles. The number of nitrogens with zero attached hydrogens (tertiary/aromatic N) is 4. The fourth-order valence-corrected chi connectivity index (χ4v) is 7.31. The van der Waals surface area contributed by atoms with Crippen LogP contribution in [0.5, 0.6) is 0 Å². The van der Waals surface area contributed by atoms with Gasteiger partial charge in [0.15, 0.2) is 9.84 Å². The van der Waals surface area contributed by atoms with E-state index in [4.69, 9.17) is 19.4 Å². The molecule has 10 nitrogen and oxygen atoms in total. The lowest BCUT2D eigenvalue weighted by molar-refractivity contribution is 0.0811. The van der Waals surface area contributed by atoms with Crippen LogP contribution >= 0.6 is 0 Å². The molecular weight excluding hydrogens is 566 g/mol. The first-order valence-corrected chi connectivity index (χ1v) is 16.3. The molecule has 4 aromatic rings. The molecule has 2 aliphatic heterocycles. The van der Waals surface area contributed by atoms with E-state index in [9.17, 15) is 13.2 Å². The molecule has 1 atom stereocenters. The number of ether oxygens (including phenoxy) is 2. The van der Waals surface area contributed by atoms with Crippen molar-refractivity contribution in [2.24, 2.45) is 5.92 Å². The van der Waals surface area contributed by atoms with Crippen LogP contribution in [0.15, 0.2) is 59.6 Å². The number of fused-ring (bicyclic) bond motifs is 3. The number of hydrogen-bond acceptors (Lipinski definition) is 9. The average Bonchev–Trinajstić information content (AvgIpc) is 3.88. The van der Waals surface area contributed by atoms with Crippen molar-refractivity contribution in [1.29, 1.82) is 0 Å². The van der Waals surface area contributed by atoms with Gasteiger partial charge in [-0.15, -0.1) is 0 Å². The molecule has 1 saturated carbocycles. The van der Waals surface area contributed by atoms with E-state index in [-0.39, 0.29) is 48.0 Å². The second-order valence-electron chi connectivity index (χ2n) is 11.4. The van der Waals surface area contributed by atoms with Gasteiger partial charge in [0.2, 0.25) is 0 Å². The summed E-state index contributed by atoms with van der Waals surface area (Å²) in [5.74, 6) is 1.82. The third kappa shape index (κ3) is 5.60. The zero-order chi connectivity index (χ0) is 29.6. The van der Waals surface area contributed by atoms with Crippen LogP contribution in [0, 0.1) is 5.92 Å². The van der Waals surface area contributed by atoms with Gasteiger partial charge in [-0.25, -0.2) is 18.4 Å². The van der Waals surface area contributed by atoms with Gasteiger partial charge in [-0.3, -0.25) is 9.78 Å². The molecule has 3 aromatic heterocycles. The second kappa shape index (κ2) is 11.3. The predicted octanol–water partition coefficient (Wildman–Crippen LogP) is 4.44. The Morgan fingerprint density at radius 1 is 1.12 bits per heavy atom. The molecule has 1 aromatic carbocycles. The Balaban J connectivity index is 1.11. The first kappa shape index (κ1) is 27.9. The van der Waals surface area contributed by atoms with Crippen LogP contribution in [0.3, 0.4) is 0 Å². The minimum absolute atomic E-state index is 0.0201. The monoisotopic (exact) mass is 599 g/mol. The number of aryl methyl sites for hydroxylation is 1. The molecule has 0 saturated heterocycles. The van der Waals surface area contributed by atoms with Crippen LogP contribution in [0.25, 0.3) is 10.9 Å². The fraction of sp³-hybridized carbons (Fsp3) is 0.375. The maximum atomic E-state index is 13.0. The Labute approximate surface area is 250 Å². The number of hydrogen-bond donors (Lipinski definition) is 1. The van der Waals surface area contributed by atoms with Gasteiger partial charge in [0.1, 0.15) is 17.7 Å². The molecule has 3 aliphatic rings. The summed E-state index contributed by atoms with van der Waals surface area (Å²) in [7, 11) is -1.75. The van der Waals surface area contributed by atoms with E-state index in [0.29, 0.717) is 17.2 Å². The fourth-order valence-electron chi connectivity index (χ4n) is 5.92. The molecule has 1 fully saturated rings. The van der Waals surface area contributed by atoms with Crippen molar-refractivity contribution in [3.63, 3.8) is 0 Å². The SMILES string of the molecule is CO[C@@H](c1ccc2c(n1)N(c1ccc3cnc(CNC(=O)c4ccc5c(c4)S(=O)(=O)CCOC5)cc3n1)CCC2)C1CC1. The summed E-state index contributed by atoms with van der Waals surface area (Å²) in [5.41, 5.74) is 4.43. The lowest BCUT2D eigenvalue weighted by Crippen LogP contribution is -2.27. The van der Waals surface area contributed by atoms with Crippen molar-refractivity contribution in [3.8, 4) is 0 Å². The minimum Gasteiger partial charge on any atom is -0.376 e. The topological polar surface area (TPSA) is 124 Å². The zero-order valence-corrected chi connectivity index (χ0v) is 24.8. The molecule has 0 radical (unpaired) electrons. The summed E-state index contributed by atoms with van der Waals surface area (Å²) in [4.78, 5) is 29.9. The van der Waals surface area contributed by atoms with E-state index >= 15 is 0 Å². The quantitative estimate of drug-likeness (QED) is 0.328. The van der Waals surface area contributed by atoms with E-state index in [1.165, 1.54) is 24.5 Å². The highest BCUT2D eigenvalue weighted by molar-refractivity contribution is 7.91. The number of amides is 1. The summed E-state index contributed by atoms with van der Waals surface area (Å²) >= 11 is 0. The van der Waals surface area contributed by atoms with E-state index in [1.54, 1.807) is 25.4 Å². The van der Waals surface area contributed by atoms with Crippen LogP contribution in [0.2, 0.25) is 0 Å². The number of rotatable bonds is 7. The Bertz CT molecular complexity index is 1820. The Morgan fingerprint density at radius 3 is 2.81 bits per heavy atom. The average molecular weight is 600 g/mol. The first-order chi connectivity index (χ1) is 20.9. The van der Waals surface area contributed by atoms with Crippen LogP contribution < -0.4 is 10.2 Å². The second-order valence-corrected chi connectivity index (χ2v) is 13.5. The van der Waals surface area contributed by atoms with Crippen molar-refractivity contribution >= 4 is 38.3 Å². The summed E-state index contributed by atoms with van der Waals surface area (Å²) in [6.07, 6.45) is 6.11. The summed E-state index contributed by atoms with van der Waals surface area (Å²) in [6.45, 7) is 1.34. The van der Waals surface area contributed by atoms with Gasteiger partial charge in [0.05, 0.1) is 47.3 Å². The van der Waals surface area contributed by atoms with Crippen molar-refractivity contribution in [2.75, 3.05) is 30.9 Å². The highest BCUT2D eigenvalue weighted by Crippen LogP contribution is 2.43. The van der Waals surface area contributed by atoms with Gasteiger partial charge in [0, 0.05) is 30.8 Å². The summed E-state index contributed by atoms with van der Waals surface area (Å²) in [6, 6.07) is 14.9. The number of carbonyl (C=O) groups is 1. The van der Waals surface area contributed by atoms with Crippen molar-refractivity contribution < 1.29 is 22.7 Å². The highest BCUT2D eigenvalue weighted by Gasteiger charge is 2.34. The Hall–Kier alpha value is -3.93. The Morgan fingerprint density at radius 2 is 1.98 bits per heavy atom. The Kier molecular flexibility index (Phi) is 7.32. The molecular formula is C32H33N5O5S. The molecule has 0 spiro atoms. The lowest BCUT2D eigenvalue weighted by Gasteiger charge is -2.30. The number of aromatic nitrogens is 3. The van der Waals surface area contributed by atoms with Crippen molar-refractivity contribution in [3.05, 3.63) is 82.8 Å². The largest absolute Gasteiger partial charge is 0.376 e. The van der Waals surface area contributed by atoms with Crippen molar-refractivity contribution in [1.82, 2.24) is 20.3 Å². The van der Waals surface area contributed by atoms with E-state index in [2.05, 4.69) is 27.3 Å². The van der Waals surface area contributed by atoms with Crippen LogP contribution in [0.1, 0.15) is 58.2 Å². The number of carbonyl (C=O) groups excluding carboxylic acids is 1. The first-order valence-electron chi connectivity index (χ1n) is 14.7. The van der Waals surface area contributed by atoms with Crippen LogP contribution in [-0.2, 0) is 38.9 Å². The van der Waals surface area contributed by atoms with Gasteiger partial charge in [-0.2, -0.15) is 0 Å². The predicted molar refractivity (Wildman–Crippen MR) is 161 cm³/mol. The maximum absolute atomic E-state index is 13.0. The smallest absolute Gasteiger partial charge is 0.251 e. The molecule has 7 rings (SSSR count). The lowest BCUT2D eigenvalue weighted by atomic mass is 10.0. The molecule has 11 heteroatoms. The third-order valence-corrected chi connectivity index (χ3v) is 10.2. The molecule has 0 unspecified atom stereocenters. The van der Waals surface area contributed by atoms with Gasteiger partial charge < -0.3 is 19.7 Å². The molecule has 1 N–H and O–H groups in total. The number of sulfone groups is 1. The number of pyridine rings is 3. The normalized spacial score (nSPS) is 18.4. The zero-order valence-electron chi connectivity index (χ0n) is 24.0. The van der Waals surface area contributed by atoms with Crippen LogP contribution in [-0.4, -0.2) is 55.3 Å². The van der Waals surface area contributed by atoms with Gasteiger partial charge in [-0.1, -0.05) is 12.1 Å². The highest BCUT2D eigenvalue weighted by atomic mass is 32.2. The standard InChI is InChI=1S/C32H33N5O5S/c1-41-30(20-4-5-20)26-10-8-21-3-2-12-37(31(21)36-26)29-11-9-23-17-33-25(16-27(23)35-29)18-34-32(38)22-6-7-24-19-42-13-14-43(39,40)28(24)15-22/h6-11,15-17,20,30H,2-5,12-14,18-19H2,1H3,(H,34,38)/t30-/m1/s1. The summed E-state index contributed by atoms with van der Waals surface area (Å²) < 4.78 is 36.5. The van der Waals surface area contributed by atoms with Gasteiger partial charge in [0.25, 0.3) is 5.91 Å². The van der Waals surface area contributed by atoms with Gasteiger partial charge >= 0.3 is 0 Å². The number of anilines is 2. The number of methoxy groups -OCH3 is 1. The molecule has 43 heavy (non-hydrogen) atoms. The molecule has 1 amide bonds. The van der Waals surface area contributed by atoms with Gasteiger partial charge in [-0.05, 0) is 79.1 Å². The van der Waals surface area contributed by atoms with Crippen molar-refractivity contribution in [2.45, 2.75) is 49.8 Å². The minimum atomic E-state index is -3.51. The molecule has 1 aliphatic carbocycles. The van der Waals surface area contributed by atoms with E-state index in [0.717, 1.165) is 47.6 Å². The maximum Gasteiger partial charge on any atom is 0.251 e.